The summed E-state index contributed by atoms with van der Waals surface area (Å²) in [5.74, 6) is -1.29. The number of nitrogens with zero attached hydrogens (tertiary/aromatic N) is 1. The Bertz CT molecular complexity index is 560. The first-order chi connectivity index (χ1) is 9.47. The number of nitrogens with two attached hydrogens (primary N) is 1. The summed E-state index contributed by atoms with van der Waals surface area (Å²) in [5.41, 5.74) is 5.94. The van der Waals surface area contributed by atoms with Crippen molar-refractivity contribution >= 4 is 29.2 Å². The number of carbonyl (C=O) groups is 3. The van der Waals surface area contributed by atoms with Gasteiger partial charge in [0.1, 0.15) is 5.82 Å². The van der Waals surface area contributed by atoms with Gasteiger partial charge < -0.3 is 16.4 Å². The van der Waals surface area contributed by atoms with E-state index in [0.717, 1.165) is 11.0 Å². The van der Waals surface area contributed by atoms with Crippen molar-refractivity contribution in [1.29, 1.82) is 0 Å². The maximum atomic E-state index is 12.8. The first-order valence-corrected chi connectivity index (χ1v) is 5.90. The van der Waals surface area contributed by atoms with Crippen molar-refractivity contribution in [3.8, 4) is 0 Å². The van der Waals surface area contributed by atoms with Crippen molar-refractivity contribution in [1.82, 2.24) is 10.2 Å². The van der Waals surface area contributed by atoms with E-state index < -0.39 is 17.8 Å². The molecule has 1 aliphatic heterocycles. The van der Waals surface area contributed by atoms with E-state index in [1.807, 2.05) is 0 Å². The van der Waals surface area contributed by atoms with Crippen LogP contribution >= 0.6 is 0 Å². The molecule has 1 aromatic rings. The van der Waals surface area contributed by atoms with Gasteiger partial charge in [0.25, 0.3) is 0 Å². The van der Waals surface area contributed by atoms with Crippen molar-refractivity contribution in [3.05, 3.63) is 24.0 Å². The molecule has 0 spiro atoms. The molecule has 1 fully saturated rings. The van der Waals surface area contributed by atoms with E-state index in [4.69, 9.17) is 5.73 Å². The molecule has 20 heavy (non-hydrogen) atoms. The number of imide groups is 1. The van der Waals surface area contributed by atoms with Crippen LogP contribution in [0.15, 0.2) is 18.2 Å². The van der Waals surface area contributed by atoms with Crippen LogP contribution < -0.4 is 16.4 Å². The largest absolute Gasteiger partial charge is 0.397 e. The smallest absolute Gasteiger partial charge is 0.324 e. The zero-order valence-electron chi connectivity index (χ0n) is 10.5. The molecule has 0 saturated carbocycles. The van der Waals surface area contributed by atoms with Crippen molar-refractivity contribution < 1.29 is 18.8 Å². The van der Waals surface area contributed by atoms with Gasteiger partial charge in [-0.3, -0.25) is 14.5 Å². The number of benzene rings is 1. The minimum Gasteiger partial charge on any atom is -0.397 e. The number of halogens is 1. The van der Waals surface area contributed by atoms with E-state index in [1.165, 1.54) is 12.1 Å². The fourth-order valence-corrected chi connectivity index (χ4v) is 1.76. The van der Waals surface area contributed by atoms with Gasteiger partial charge in [-0.1, -0.05) is 0 Å². The van der Waals surface area contributed by atoms with Crippen LogP contribution in [0.5, 0.6) is 0 Å². The fourth-order valence-electron chi connectivity index (χ4n) is 1.76. The van der Waals surface area contributed by atoms with E-state index in [2.05, 4.69) is 10.6 Å². The number of hydrogen-bond donors (Lipinski definition) is 3. The van der Waals surface area contributed by atoms with Gasteiger partial charge >= 0.3 is 6.03 Å². The topological polar surface area (TPSA) is 105 Å². The van der Waals surface area contributed by atoms with Gasteiger partial charge in [0, 0.05) is 13.0 Å². The van der Waals surface area contributed by atoms with Crippen LogP contribution in [0.2, 0.25) is 0 Å². The highest BCUT2D eigenvalue weighted by Crippen LogP contribution is 2.19. The molecule has 4 amide bonds. The Labute approximate surface area is 113 Å². The van der Waals surface area contributed by atoms with Crippen LogP contribution in [-0.2, 0) is 9.59 Å². The normalized spacial score (nSPS) is 14.3. The lowest BCUT2D eigenvalue weighted by molar-refractivity contribution is -0.125. The Morgan fingerprint density at radius 3 is 2.80 bits per heavy atom. The molecular weight excluding hydrogens is 267 g/mol. The third-order valence-corrected chi connectivity index (χ3v) is 2.79. The molecule has 0 unspecified atom stereocenters. The molecule has 7 nitrogen and oxygen atoms in total. The fraction of sp³-hybridized carbons (Fsp3) is 0.250. The highest BCUT2D eigenvalue weighted by molar-refractivity contribution is 6.02. The van der Waals surface area contributed by atoms with E-state index in [-0.39, 0.29) is 36.8 Å². The van der Waals surface area contributed by atoms with E-state index in [9.17, 15) is 18.8 Å². The average Bonchev–Trinajstić information content (AvgIpc) is 2.70. The lowest BCUT2D eigenvalue weighted by atomic mass is 10.2. The zero-order chi connectivity index (χ0) is 14.7. The van der Waals surface area contributed by atoms with Crippen LogP contribution in [0.3, 0.4) is 0 Å². The minimum atomic E-state index is -0.510. The number of nitrogen functional groups attached to an aromatic ring is 1. The Hall–Kier alpha value is -2.64. The van der Waals surface area contributed by atoms with Gasteiger partial charge in [0.2, 0.25) is 11.8 Å². The molecule has 0 atom stereocenters. The van der Waals surface area contributed by atoms with Crippen LogP contribution in [0.4, 0.5) is 20.6 Å². The summed E-state index contributed by atoms with van der Waals surface area (Å²) in [6.07, 6.45) is -0.0595. The van der Waals surface area contributed by atoms with Gasteiger partial charge in [-0.2, -0.15) is 0 Å². The summed E-state index contributed by atoms with van der Waals surface area (Å²) in [6.45, 7) is -0.0665. The first-order valence-electron chi connectivity index (χ1n) is 5.90. The van der Waals surface area contributed by atoms with Gasteiger partial charge in [0.05, 0.1) is 17.9 Å². The summed E-state index contributed by atoms with van der Waals surface area (Å²) in [5, 5.41) is 4.84. The molecule has 106 valence electrons. The molecule has 1 heterocycles. The molecular formula is C12H13FN4O3. The maximum absolute atomic E-state index is 12.8. The highest BCUT2D eigenvalue weighted by Gasteiger charge is 2.28. The Morgan fingerprint density at radius 2 is 2.20 bits per heavy atom. The Balaban J connectivity index is 1.89. The van der Waals surface area contributed by atoms with Gasteiger partial charge in [-0.25, -0.2) is 9.18 Å². The summed E-state index contributed by atoms with van der Waals surface area (Å²) >= 11 is 0. The number of amides is 4. The predicted octanol–water partition coefficient (Wildman–Crippen LogP) is 0.288. The number of rotatable bonds is 4. The molecule has 0 radical (unpaired) electrons. The van der Waals surface area contributed by atoms with Gasteiger partial charge in [0.15, 0.2) is 0 Å². The second-order valence-electron chi connectivity index (χ2n) is 4.23. The zero-order valence-corrected chi connectivity index (χ0v) is 10.5. The first kappa shape index (κ1) is 13.8. The molecule has 1 saturated heterocycles. The monoisotopic (exact) mass is 280 g/mol. The second kappa shape index (κ2) is 5.55. The van der Waals surface area contributed by atoms with Crippen molar-refractivity contribution in [2.75, 3.05) is 24.1 Å². The van der Waals surface area contributed by atoms with Crippen LogP contribution in [0.25, 0.3) is 0 Å². The van der Waals surface area contributed by atoms with Crippen molar-refractivity contribution in [2.45, 2.75) is 6.42 Å². The van der Waals surface area contributed by atoms with E-state index in [1.54, 1.807) is 0 Å². The lowest BCUT2D eigenvalue weighted by Gasteiger charge is -2.12. The van der Waals surface area contributed by atoms with Crippen molar-refractivity contribution in [3.63, 3.8) is 0 Å². The lowest BCUT2D eigenvalue weighted by Crippen LogP contribution is -2.33. The number of carbonyl (C=O) groups excluding carboxylic acids is 3. The predicted molar refractivity (Wildman–Crippen MR) is 69.2 cm³/mol. The Kier molecular flexibility index (Phi) is 3.83. The van der Waals surface area contributed by atoms with Gasteiger partial charge in [-0.05, 0) is 18.2 Å². The SMILES string of the molecule is Nc1cc(F)ccc1NC(=O)CCN1C(=O)CNC1=O. The maximum Gasteiger partial charge on any atom is 0.324 e. The quantitative estimate of drug-likeness (QED) is 0.544. The molecule has 0 aromatic heterocycles. The van der Waals surface area contributed by atoms with Gasteiger partial charge in [-0.15, -0.1) is 0 Å². The third kappa shape index (κ3) is 3.02. The molecule has 0 aliphatic carbocycles. The molecule has 4 N–H and O–H groups in total. The summed E-state index contributed by atoms with van der Waals surface area (Å²) < 4.78 is 12.8. The van der Waals surface area contributed by atoms with Crippen LogP contribution in [0, 0.1) is 5.82 Å². The summed E-state index contributed by atoms with van der Waals surface area (Å²) in [6, 6.07) is 3.09. The van der Waals surface area contributed by atoms with E-state index >= 15 is 0 Å². The highest BCUT2D eigenvalue weighted by atomic mass is 19.1. The minimum absolute atomic E-state index is 0.0163. The Morgan fingerprint density at radius 1 is 1.45 bits per heavy atom. The standard InChI is InChI=1S/C12H13FN4O3/c13-7-1-2-9(8(14)5-7)16-10(18)3-4-17-11(19)6-15-12(17)20/h1-2,5H,3-4,6,14H2,(H,15,20)(H,16,18). The van der Waals surface area contributed by atoms with Crippen molar-refractivity contribution in [2.24, 2.45) is 0 Å². The average molecular weight is 280 g/mol. The number of urea groups is 1. The summed E-state index contributed by atoms with van der Waals surface area (Å²) in [4.78, 5) is 35.2. The number of nitrogens with one attached hydrogen (secondary N) is 2. The number of anilines is 2. The van der Waals surface area contributed by atoms with Crippen LogP contribution in [-0.4, -0.2) is 35.8 Å². The number of hydrogen-bond acceptors (Lipinski definition) is 4. The molecule has 2 rings (SSSR count). The van der Waals surface area contributed by atoms with E-state index in [0.29, 0.717) is 0 Å². The molecule has 8 heteroatoms. The van der Waals surface area contributed by atoms with Crippen LogP contribution in [0.1, 0.15) is 6.42 Å². The molecule has 1 aliphatic rings. The third-order valence-electron chi connectivity index (χ3n) is 2.79. The molecule has 1 aromatic carbocycles. The summed E-state index contributed by atoms with van der Waals surface area (Å²) in [7, 11) is 0. The second-order valence-corrected chi connectivity index (χ2v) is 4.23. The molecule has 0 bridgehead atoms.